The summed E-state index contributed by atoms with van der Waals surface area (Å²) in [5.41, 5.74) is 3.45. The molecule has 1 atom stereocenters. The molecule has 1 aromatic rings. The van der Waals surface area contributed by atoms with Gasteiger partial charge in [0.25, 0.3) is 5.91 Å². The molecule has 0 bridgehead atoms. The molecule has 0 radical (unpaired) electrons. The predicted octanol–water partition coefficient (Wildman–Crippen LogP) is 4.15. The highest BCUT2D eigenvalue weighted by Crippen LogP contribution is 2.18. The molecule has 1 aliphatic carbocycles. The third-order valence-corrected chi connectivity index (χ3v) is 5.22. The van der Waals surface area contributed by atoms with Crippen LogP contribution >= 0.6 is 0 Å². The van der Waals surface area contributed by atoms with Gasteiger partial charge in [0.1, 0.15) is 0 Å². The zero-order chi connectivity index (χ0) is 16.8. The highest BCUT2D eigenvalue weighted by molar-refractivity contribution is 5.94. The summed E-state index contributed by atoms with van der Waals surface area (Å²) in [5.74, 6) is 0.845. The fourth-order valence-corrected chi connectivity index (χ4v) is 3.81. The van der Waals surface area contributed by atoms with Gasteiger partial charge in [-0.25, -0.2) is 0 Å². The Hall–Kier alpha value is -1.61. The first-order valence-corrected chi connectivity index (χ1v) is 9.48. The van der Waals surface area contributed by atoms with Crippen LogP contribution in [0.15, 0.2) is 35.9 Å². The fourth-order valence-electron chi connectivity index (χ4n) is 3.81. The summed E-state index contributed by atoms with van der Waals surface area (Å²) < 4.78 is 0. The zero-order valence-electron chi connectivity index (χ0n) is 14.9. The number of benzene rings is 1. The van der Waals surface area contributed by atoms with Gasteiger partial charge in [0.15, 0.2) is 0 Å². The van der Waals surface area contributed by atoms with Crippen molar-refractivity contribution in [1.29, 1.82) is 0 Å². The number of hydrogen-bond acceptors (Lipinski definition) is 2. The number of nitrogens with zero attached hydrogens (tertiary/aromatic N) is 1. The topological polar surface area (TPSA) is 32.3 Å². The summed E-state index contributed by atoms with van der Waals surface area (Å²) in [6.45, 7) is 6.42. The zero-order valence-corrected chi connectivity index (χ0v) is 14.9. The standard InChI is InChI=1S/C21H30N2O/c1-17-6-5-13-23(15-17)16-19-9-11-20(12-10-19)21(24)22-14-18-7-3-2-4-8-18/h7,9-12,17H,2-6,8,13-16H2,1H3,(H,22,24)/t17-/m0/s1. The molecule has 1 aromatic carbocycles. The average molecular weight is 326 g/mol. The minimum Gasteiger partial charge on any atom is -0.348 e. The molecule has 1 heterocycles. The van der Waals surface area contributed by atoms with Crippen molar-refractivity contribution in [2.45, 2.75) is 52.0 Å². The molecule has 3 rings (SSSR count). The maximum Gasteiger partial charge on any atom is 0.251 e. The molecule has 24 heavy (non-hydrogen) atoms. The summed E-state index contributed by atoms with van der Waals surface area (Å²) in [5, 5.41) is 3.06. The Balaban J connectivity index is 1.49. The van der Waals surface area contributed by atoms with Gasteiger partial charge in [-0.2, -0.15) is 0 Å². The largest absolute Gasteiger partial charge is 0.348 e. The van der Waals surface area contributed by atoms with Crippen LogP contribution in [0.4, 0.5) is 0 Å². The van der Waals surface area contributed by atoms with E-state index in [9.17, 15) is 4.79 Å². The lowest BCUT2D eigenvalue weighted by Gasteiger charge is -2.30. The van der Waals surface area contributed by atoms with Crippen LogP contribution in [0.1, 0.15) is 61.4 Å². The van der Waals surface area contributed by atoms with Gasteiger partial charge in [-0.15, -0.1) is 0 Å². The van der Waals surface area contributed by atoms with E-state index in [0.29, 0.717) is 6.54 Å². The molecule has 0 aromatic heterocycles. The minimum atomic E-state index is 0.0413. The first kappa shape index (κ1) is 17.2. The Morgan fingerprint density at radius 2 is 2.04 bits per heavy atom. The minimum absolute atomic E-state index is 0.0413. The van der Waals surface area contributed by atoms with Crippen molar-refractivity contribution >= 4 is 5.91 Å². The summed E-state index contributed by atoms with van der Waals surface area (Å²) >= 11 is 0. The number of amides is 1. The quantitative estimate of drug-likeness (QED) is 0.825. The van der Waals surface area contributed by atoms with Crippen molar-refractivity contribution < 1.29 is 4.79 Å². The number of piperidine rings is 1. The van der Waals surface area contributed by atoms with Gasteiger partial charge < -0.3 is 5.32 Å². The van der Waals surface area contributed by atoms with Gasteiger partial charge in [-0.3, -0.25) is 9.69 Å². The number of hydrogen-bond donors (Lipinski definition) is 1. The Morgan fingerprint density at radius 3 is 2.75 bits per heavy atom. The molecule has 1 saturated heterocycles. The number of rotatable bonds is 5. The first-order valence-electron chi connectivity index (χ1n) is 9.48. The second-order valence-corrected chi connectivity index (χ2v) is 7.47. The van der Waals surface area contributed by atoms with E-state index in [-0.39, 0.29) is 5.91 Å². The van der Waals surface area contributed by atoms with Gasteiger partial charge in [-0.05, 0) is 68.7 Å². The SMILES string of the molecule is C[C@H]1CCCN(Cc2ccc(C(=O)NCC3=CCCCC3)cc2)C1. The maximum absolute atomic E-state index is 12.3. The van der Waals surface area contributed by atoms with E-state index < -0.39 is 0 Å². The molecule has 1 fully saturated rings. The number of carbonyl (C=O) groups excluding carboxylic acids is 1. The van der Waals surface area contributed by atoms with Crippen molar-refractivity contribution in [3.8, 4) is 0 Å². The van der Waals surface area contributed by atoms with Crippen LogP contribution in [-0.4, -0.2) is 30.4 Å². The van der Waals surface area contributed by atoms with E-state index in [2.05, 4.69) is 35.3 Å². The molecule has 0 unspecified atom stereocenters. The van der Waals surface area contributed by atoms with E-state index in [0.717, 1.165) is 30.9 Å². The molecule has 0 spiro atoms. The monoisotopic (exact) mass is 326 g/mol. The lowest BCUT2D eigenvalue weighted by atomic mass is 9.99. The molecule has 130 valence electrons. The Kier molecular flexibility index (Phi) is 6.08. The van der Waals surface area contributed by atoms with Crippen LogP contribution in [0.25, 0.3) is 0 Å². The Labute approximate surface area is 146 Å². The lowest BCUT2D eigenvalue weighted by Crippen LogP contribution is -2.33. The molecule has 1 N–H and O–H groups in total. The summed E-state index contributed by atoms with van der Waals surface area (Å²) in [6.07, 6.45) is 9.78. The Bertz CT molecular complexity index is 576. The van der Waals surface area contributed by atoms with Crippen molar-refractivity contribution in [3.63, 3.8) is 0 Å². The van der Waals surface area contributed by atoms with Crippen LogP contribution in [0, 0.1) is 5.92 Å². The normalized spacial score (nSPS) is 22.0. The fraction of sp³-hybridized carbons (Fsp3) is 0.571. The summed E-state index contributed by atoms with van der Waals surface area (Å²) in [4.78, 5) is 14.8. The van der Waals surface area contributed by atoms with E-state index in [1.54, 1.807) is 0 Å². The van der Waals surface area contributed by atoms with Gasteiger partial charge >= 0.3 is 0 Å². The summed E-state index contributed by atoms with van der Waals surface area (Å²) in [7, 11) is 0. The van der Waals surface area contributed by atoms with E-state index in [1.807, 2.05) is 12.1 Å². The van der Waals surface area contributed by atoms with Crippen LogP contribution in [0.2, 0.25) is 0 Å². The summed E-state index contributed by atoms with van der Waals surface area (Å²) in [6, 6.07) is 8.14. The van der Waals surface area contributed by atoms with Crippen molar-refractivity contribution in [1.82, 2.24) is 10.2 Å². The molecule has 2 aliphatic rings. The molecule has 0 saturated carbocycles. The molecule has 1 aliphatic heterocycles. The van der Waals surface area contributed by atoms with Gasteiger partial charge in [0.05, 0.1) is 0 Å². The van der Waals surface area contributed by atoms with Gasteiger partial charge in [-0.1, -0.05) is 30.7 Å². The third-order valence-electron chi connectivity index (χ3n) is 5.22. The third kappa shape index (κ3) is 4.94. The molecular weight excluding hydrogens is 296 g/mol. The van der Waals surface area contributed by atoms with Crippen molar-refractivity contribution in [2.75, 3.05) is 19.6 Å². The first-order chi connectivity index (χ1) is 11.7. The number of allylic oxidation sites excluding steroid dienone is 1. The van der Waals surface area contributed by atoms with Crippen molar-refractivity contribution in [3.05, 3.63) is 47.0 Å². The number of carbonyl (C=O) groups is 1. The van der Waals surface area contributed by atoms with Gasteiger partial charge in [0.2, 0.25) is 0 Å². The highest BCUT2D eigenvalue weighted by Gasteiger charge is 2.16. The number of nitrogens with one attached hydrogen (secondary N) is 1. The van der Waals surface area contributed by atoms with Crippen molar-refractivity contribution in [2.24, 2.45) is 5.92 Å². The van der Waals surface area contributed by atoms with Crippen LogP contribution in [0.5, 0.6) is 0 Å². The molecule has 1 amide bonds. The van der Waals surface area contributed by atoms with Crippen LogP contribution in [-0.2, 0) is 6.54 Å². The second kappa shape index (κ2) is 8.48. The number of likely N-dealkylation sites (tertiary alicyclic amines) is 1. The molecule has 3 heteroatoms. The van der Waals surface area contributed by atoms with Crippen LogP contribution < -0.4 is 5.32 Å². The van der Waals surface area contributed by atoms with Gasteiger partial charge in [0, 0.05) is 25.2 Å². The highest BCUT2D eigenvalue weighted by atomic mass is 16.1. The molecule has 3 nitrogen and oxygen atoms in total. The smallest absolute Gasteiger partial charge is 0.251 e. The van der Waals surface area contributed by atoms with E-state index in [4.69, 9.17) is 0 Å². The predicted molar refractivity (Wildman–Crippen MR) is 99.0 cm³/mol. The Morgan fingerprint density at radius 1 is 1.21 bits per heavy atom. The van der Waals surface area contributed by atoms with E-state index in [1.165, 1.54) is 49.9 Å². The lowest BCUT2D eigenvalue weighted by molar-refractivity contribution is 0.0956. The molecular formula is C21H30N2O. The maximum atomic E-state index is 12.3. The second-order valence-electron chi connectivity index (χ2n) is 7.47. The van der Waals surface area contributed by atoms with Crippen LogP contribution in [0.3, 0.4) is 0 Å². The van der Waals surface area contributed by atoms with E-state index >= 15 is 0 Å². The average Bonchev–Trinajstić information content (AvgIpc) is 2.61.